The molecule has 2 atom stereocenters. The van der Waals surface area contributed by atoms with E-state index in [1.54, 1.807) is 64.1 Å². The normalized spacial score (nSPS) is 13.2. The van der Waals surface area contributed by atoms with E-state index in [2.05, 4.69) is 5.32 Å². The summed E-state index contributed by atoms with van der Waals surface area (Å²) in [5.74, 6) is -0.696. The van der Waals surface area contributed by atoms with E-state index in [4.69, 9.17) is 30.5 Å². The first-order chi connectivity index (χ1) is 18.6. The molecule has 0 aliphatic rings. The third-order valence-corrected chi connectivity index (χ3v) is 6.40. The van der Waals surface area contributed by atoms with Crippen molar-refractivity contribution in [2.45, 2.75) is 86.2 Å². The highest BCUT2D eigenvalue weighted by Gasteiger charge is 2.37. The van der Waals surface area contributed by atoms with Crippen LogP contribution in [0.25, 0.3) is 0 Å². The summed E-state index contributed by atoms with van der Waals surface area (Å²) in [7, 11) is 0. The van der Waals surface area contributed by atoms with Crippen molar-refractivity contribution in [2.24, 2.45) is 11.3 Å². The van der Waals surface area contributed by atoms with Crippen LogP contribution in [0.15, 0.2) is 48.5 Å². The summed E-state index contributed by atoms with van der Waals surface area (Å²) in [5, 5.41) is 3.45. The monoisotopic (exact) mass is 575 g/mol. The number of halogens is 1. The highest BCUT2D eigenvalue weighted by molar-refractivity contribution is 6.30. The average Bonchev–Trinajstić information content (AvgIpc) is 2.87. The van der Waals surface area contributed by atoms with Gasteiger partial charge in [-0.3, -0.25) is 4.79 Å². The molecule has 8 nitrogen and oxygen atoms in total. The molecule has 220 valence electrons. The third kappa shape index (κ3) is 10.4. The maximum atomic E-state index is 13.0. The van der Waals surface area contributed by atoms with Crippen molar-refractivity contribution >= 4 is 29.6 Å². The second-order valence-corrected chi connectivity index (χ2v) is 12.0. The molecule has 0 bridgehead atoms. The van der Waals surface area contributed by atoms with E-state index in [0.29, 0.717) is 35.7 Å². The van der Waals surface area contributed by atoms with Crippen LogP contribution in [0.2, 0.25) is 5.02 Å². The number of carbonyl (C=O) groups excluding carboxylic acids is 3. The standard InChI is InChI=1S/C31H42ClNO7/c1-9-25(30(4,5)6)37-29(36)39-27(20(2)3)38-28(35)31(7,8)40-24-16-10-21(11-17-24)18-19-33-26(34)22-12-14-23(32)15-13-22/h10-17,20,25,27H,9,18-19H2,1-8H3,(H,33,34). The largest absolute Gasteiger partial charge is 0.511 e. The van der Waals surface area contributed by atoms with Crippen molar-refractivity contribution in [1.82, 2.24) is 5.32 Å². The molecule has 2 aromatic carbocycles. The maximum Gasteiger partial charge on any atom is 0.511 e. The van der Waals surface area contributed by atoms with Gasteiger partial charge in [0, 0.05) is 23.0 Å². The van der Waals surface area contributed by atoms with Crippen LogP contribution in [0.1, 0.15) is 77.7 Å². The summed E-state index contributed by atoms with van der Waals surface area (Å²) in [6, 6.07) is 13.9. The van der Waals surface area contributed by atoms with Crippen molar-refractivity contribution < 1.29 is 33.3 Å². The van der Waals surface area contributed by atoms with Gasteiger partial charge in [0.25, 0.3) is 12.2 Å². The first-order valence-corrected chi connectivity index (χ1v) is 13.9. The molecular weight excluding hydrogens is 534 g/mol. The molecule has 0 aliphatic heterocycles. The lowest BCUT2D eigenvalue weighted by atomic mass is 9.87. The Bertz CT molecular complexity index is 1120. The van der Waals surface area contributed by atoms with E-state index in [1.165, 1.54) is 0 Å². The average molecular weight is 576 g/mol. The Hall–Kier alpha value is -3.26. The predicted molar refractivity (Wildman–Crippen MR) is 154 cm³/mol. The van der Waals surface area contributed by atoms with Crippen LogP contribution in [-0.2, 0) is 25.4 Å². The number of benzene rings is 2. The Morgan fingerprint density at radius 3 is 2.00 bits per heavy atom. The lowest BCUT2D eigenvalue weighted by molar-refractivity contribution is -0.195. The molecule has 1 amide bonds. The number of ether oxygens (including phenoxy) is 4. The molecule has 0 radical (unpaired) electrons. The minimum absolute atomic E-state index is 0.173. The summed E-state index contributed by atoms with van der Waals surface area (Å²) < 4.78 is 22.3. The lowest BCUT2D eigenvalue weighted by Gasteiger charge is -2.31. The zero-order valence-corrected chi connectivity index (χ0v) is 25.5. The van der Waals surface area contributed by atoms with E-state index >= 15 is 0 Å². The van der Waals surface area contributed by atoms with Crippen LogP contribution in [0.4, 0.5) is 4.79 Å². The van der Waals surface area contributed by atoms with Crippen LogP contribution in [0.5, 0.6) is 5.75 Å². The molecule has 0 fully saturated rings. The van der Waals surface area contributed by atoms with Crippen LogP contribution in [-0.4, -0.2) is 42.6 Å². The van der Waals surface area contributed by atoms with Gasteiger partial charge in [0.2, 0.25) is 0 Å². The number of nitrogens with one attached hydrogen (secondary N) is 1. The second kappa shape index (κ2) is 14.4. The molecule has 0 saturated carbocycles. The van der Waals surface area contributed by atoms with Crippen LogP contribution in [0.3, 0.4) is 0 Å². The Labute approximate surface area is 242 Å². The number of hydrogen-bond acceptors (Lipinski definition) is 7. The fourth-order valence-corrected chi connectivity index (χ4v) is 3.87. The molecule has 2 aromatic rings. The fourth-order valence-electron chi connectivity index (χ4n) is 3.74. The van der Waals surface area contributed by atoms with Crippen LogP contribution in [0, 0.1) is 11.3 Å². The van der Waals surface area contributed by atoms with Gasteiger partial charge in [-0.2, -0.15) is 0 Å². The Balaban J connectivity index is 1.90. The summed E-state index contributed by atoms with van der Waals surface area (Å²) >= 11 is 5.87. The lowest BCUT2D eigenvalue weighted by Crippen LogP contribution is -2.44. The van der Waals surface area contributed by atoms with Crippen LogP contribution < -0.4 is 10.1 Å². The molecule has 0 aromatic heterocycles. The Kier molecular flexibility index (Phi) is 11.9. The van der Waals surface area contributed by atoms with Gasteiger partial charge in [0.05, 0.1) is 0 Å². The quantitative estimate of drug-likeness (QED) is 0.215. The zero-order valence-electron chi connectivity index (χ0n) is 24.7. The van der Waals surface area contributed by atoms with Crippen molar-refractivity contribution in [3.8, 4) is 5.75 Å². The molecular formula is C31H42ClNO7. The molecule has 9 heteroatoms. The van der Waals surface area contributed by atoms with Gasteiger partial charge >= 0.3 is 12.1 Å². The Morgan fingerprint density at radius 2 is 1.48 bits per heavy atom. The first kappa shape index (κ1) is 32.9. The number of hydrogen-bond donors (Lipinski definition) is 1. The van der Waals surface area contributed by atoms with E-state index in [1.807, 2.05) is 39.8 Å². The SMILES string of the molecule is CCC(OC(=O)OC(OC(=O)C(C)(C)Oc1ccc(CCNC(=O)c2ccc(Cl)cc2)cc1)C(C)C)C(C)(C)C. The van der Waals surface area contributed by atoms with E-state index in [0.717, 1.165) is 5.56 Å². The summed E-state index contributed by atoms with van der Waals surface area (Å²) in [6.07, 6.45) is -1.12. The Morgan fingerprint density at radius 1 is 0.875 bits per heavy atom. The van der Waals surface area contributed by atoms with Crippen molar-refractivity contribution in [1.29, 1.82) is 0 Å². The van der Waals surface area contributed by atoms with Gasteiger partial charge in [-0.05, 0) is 74.1 Å². The predicted octanol–water partition coefficient (Wildman–Crippen LogP) is 6.97. The maximum absolute atomic E-state index is 13.0. The number of carbonyl (C=O) groups is 3. The molecule has 0 spiro atoms. The summed E-state index contributed by atoms with van der Waals surface area (Å²) in [6.45, 7) is 15.0. The molecule has 2 rings (SSSR count). The minimum atomic E-state index is -1.36. The molecule has 0 heterocycles. The minimum Gasteiger partial charge on any atom is -0.476 e. The zero-order chi connectivity index (χ0) is 30.1. The van der Waals surface area contributed by atoms with Gasteiger partial charge in [0.1, 0.15) is 11.9 Å². The second-order valence-electron chi connectivity index (χ2n) is 11.5. The first-order valence-electron chi connectivity index (χ1n) is 13.5. The van der Waals surface area contributed by atoms with E-state index in [-0.39, 0.29) is 23.3 Å². The molecule has 2 unspecified atom stereocenters. The van der Waals surface area contributed by atoms with Crippen molar-refractivity contribution in [3.05, 3.63) is 64.7 Å². The van der Waals surface area contributed by atoms with E-state index < -0.39 is 24.0 Å². The topological polar surface area (TPSA) is 100 Å². The summed E-state index contributed by atoms with van der Waals surface area (Å²) in [4.78, 5) is 37.7. The number of rotatable bonds is 12. The van der Waals surface area contributed by atoms with Gasteiger partial charge in [-0.15, -0.1) is 0 Å². The molecule has 0 saturated heterocycles. The smallest absolute Gasteiger partial charge is 0.476 e. The number of amides is 1. The summed E-state index contributed by atoms with van der Waals surface area (Å²) in [5.41, 5.74) is -0.0868. The van der Waals surface area contributed by atoms with E-state index in [9.17, 15) is 14.4 Å². The van der Waals surface area contributed by atoms with Gasteiger partial charge < -0.3 is 24.3 Å². The van der Waals surface area contributed by atoms with Gasteiger partial charge in [-0.1, -0.05) is 65.3 Å². The highest BCUT2D eigenvalue weighted by Crippen LogP contribution is 2.26. The fraction of sp³-hybridized carbons (Fsp3) is 0.516. The molecule has 40 heavy (non-hydrogen) atoms. The molecule has 1 N–H and O–H groups in total. The number of esters is 1. The van der Waals surface area contributed by atoms with Crippen LogP contribution >= 0.6 is 11.6 Å². The highest BCUT2D eigenvalue weighted by atomic mass is 35.5. The van der Waals surface area contributed by atoms with Crippen molar-refractivity contribution in [3.63, 3.8) is 0 Å². The van der Waals surface area contributed by atoms with Gasteiger partial charge in [0.15, 0.2) is 5.60 Å². The van der Waals surface area contributed by atoms with Gasteiger partial charge in [-0.25, -0.2) is 9.59 Å². The van der Waals surface area contributed by atoms with Crippen molar-refractivity contribution in [2.75, 3.05) is 6.54 Å². The third-order valence-electron chi connectivity index (χ3n) is 6.15. The molecule has 0 aliphatic carbocycles.